The number of nitrogens with zero attached hydrogens (tertiary/aromatic N) is 6. The number of amides is 1. The van der Waals surface area contributed by atoms with Crippen molar-refractivity contribution in [2.24, 2.45) is 5.92 Å². The summed E-state index contributed by atoms with van der Waals surface area (Å²) in [4.78, 5) is 27.0. The summed E-state index contributed by atoms with van der Waals surface area (Å²) in [6.45, 7) is 9.34. The predicted molar refractivity (Wildman–Crippen MR) is 126 cm³/mol. The molecule has 7 nitrogen and oxygen atoms in total. The second-order valence-electron chi connectivity index (χ2n) is 9.22. The Morgan fingerprint density at radius 2 is 1.72 bits per heavy atom. The fraction of sp³-hybridized carbons (Fsp3) is 0.520. The van der Waals surface area contributed by atoms with E-state index in [0.29, 0.717) is 5.91 Å². The van der Waals surface area contributed by atoms with Crippen molar-refractivity contribution in [3.05, 3.63) is 41.3 Å². The van der Waals surface area contributed by atoms with Crippen LogP contribution in [0.3, 0.4) is 0 Å². The highest BCUT2D eigenvalue weighted by Crippen LogP contribution is 2.31. The molecule has 2 aromatic heterocycles. The minimum absolute atomic E-state index is 0.240. The Hall–Kier alpha value is -2.96. The molecule has 2 aliphatic rings. The van der Waals surface area contributed by atoms with Crippen LogP contribution in [0.1, 0.15) is 49.2 Å². The van der Waals surface area contributed by atoms with E-state index >= 15 is 0 Å². The van der Waals surface area contributed by atoms with Gasteiger partial charge in [-0.15, -0.1) is 0 Å². The molecule has 1 aliphatic heterocycles. The first kappa shape index (κ1) is 20.9. The maximum Gasteiger partial charge on any atom is 0.225 e. The second kappa shape index (κ2) is 8.52. The molecule has 3 aromatic rings. The normalized spacial score (nSPS) is 17.8. The van der Waals surface area contributed by atoms with E-state index in [1.807, 2.05) is 30.7 Å². The second-order valence-corrected chi connectivity index (χ2v) is 9.22. The van der Waals surface area contributed by atoms with E-state index in [0.717, 1.165) is 85.1 Å². The molecule has 3 heterocycles. The molecular formula is C25H32N6O. The number of hydrogen-bond acceptors (Lipinski definition) is 5. The van der Waals surface area contributed by atoms with Gasteiger partial charge in [-0.05, 0) is 51.7 Å². The van der Waals surface area contributed by atoms with Gasteiger partial charge in [0.05, 0.1) is 16.8 Å². The number of rotatable bonds is 3. The van der Waals surface area contributed by atoms with Crippen molar-refractivity contribution in [3.8, 4) is 5.69 Å². The average Bonchev–Trinajstić information content (AvgIpc) is 3.35. The van der Waals surface area contributed by atoms with Crippen LogP contribution in [0, 0.1) is 26.7 Å². The van der Waals surface area contributed by atoms with Crippen LogP contribution in [0.25, 0.3) is 16.7 Å². The third-order valence-electron chi connectivity index (χ3n) is 6.95. The minimum Gasteiger partial charge on any atom is -0.354 e. The Labute approximate surface area is 189 Å². The summed E-state index contributed by atoms with van der Waals surface area (Å²) in [6.07, 6.45) is 5.45. The minimum atomic E-state index is 0.240. The summed E-state index contributed by atoms with van der Waals surface area (Å²) < 4.78 is 1.95. The van der Waals surface area contributed by atoms with Gasteiger partial charge in [0, 0.05) is 32.1 Å². The Kier molecular flexibility index (Phi) is 5.57. The monoisotopic (exact) mass is 432 g/mol. The number of anilines is 1. The van der Waals surface area contributed by atoms with Crippen LogP contribution >= 0.6 is 0 Å². The molecule has 7 heteroatoms. The van der Waals surface area contributed by atoms with Crippen LogP contribution in [0.2, 0.25) is 0 Å². The van der Waals surface area contributed by atoms with Crippen LogP contribution in [0.5, 0.6) is 0 Å². The van der Waals surface area contributed by atoms with Crippen molar-refractivity contribution in [1.29, 1.82) is 0 Å². The third kappa shape index (κ3) is 3.74. The molecule has 5 rings (SSSR count). The SMILES string of the molecule is Cc1nc(N2CCCN(C(=O)C3CCCC3)CC2)c2c(C)nn(-c3ccccc3C)c2n1. The van der Waals surface area contributed by atoms with Gasteiger partial charge in [0.2, 0.25) is 5.91 Å². The summed E-state index contributed by atoms with van der Waals surface area (Å²) in [6, 6.07) is 8.25. The molecular weight excluding hydrogens is 400 g/mol. The molecule has 1 aliphatic carbocycles. The molecule has 168 valence electrons. The zero-order valence-corrected chi connectivity index (χ0v) is 19.3. The van der Waals surface area contributed by atoms with E-state index in [-0.39, 0.29) is 5.92 Å². The average molecular weight is 433 g/mol. The van der Waals surface area contributed by atoms with Crippen molar-refractivity contribution in [3.63, 3.8) is 0 Å². The lowest BCUT2D eigenvalue weighted by molar-refractivity contribution is -0.135. The first-order valence-electron chi connectivity index (χ1n) is 11.9. The summed E-state index contributed by atoms with van der Waals surface area (Å²) in [7, 11) is 0. The predicted octanol–water partition coefficient (Wildman–Crippen LogP) is 3.97. The van der Waals surface area contributed by atoms with Gasteiger partial charge in [-0.1, -0.05) is 31.0 Å². The number of carbonyl (C=O) groups excluding carboxylic acids is 1. The van der Waals surface area contributed by atoms with E-state index in [2.05, 4.69) is 28.9 Å². The number of para-hydroxylation sites is 1. The van der Waals surface area contributed by atoms with Crippen molar-refractivity contribution < 1.29 is 4.79 Å². The van der Waals surface area contributed by atoms with Crippen LogP contribution in [0.15, 0.2) is 24.3 Å². The molecule has 1 saturated carbocycles. The standard InChI is InChI=1S/C25H32N6O/c1-17-9-4-7-12-21(17)31-24-22(18(2)28-31)23(26-19(3)27-24)29-13-8-14-30(16-15-29)25(32)20-10-5-6-11-20/h4,7,9,12,20H,5-6,8,10-11,13-16H2,1-3H3. The third-order valence-corrected chi connectivity index (χ3v) is 6.95. The number of hydrogen-bond donors (Lipinski definition) is 0. The Balaban J connectivity index is 1.48. The fourth-order valence-corrected chi connectivity index (χ4v) is 5.25. The summed E-state index contributed by atoms with van der Waals surface area (Å²) >= 11 is 0. The Bertz CT molecular complexity index is 1150. The lowest BCUT2D eigenvalue weighted by Gasteiger charge is -2.25. The molecule has 32 heavy (non-hydrogen) atoms. The van der Waals surface area contributed by atoms with Crippen LogP contribution in [0.4, 0.5) is 5.82 Å². The molecule has 0 N–H and O–H groups in total. The summed E-state index contributed by atoms with van der Waals surface area (Å²) in [5, 5.41) is 5.87. The lowest BCUT2D eigenvalue weighted by atomic mass is 10.1. The van der Waals surface area contributed by atoms with Crippen molar-refractivity contribution in [2.45, 2.75) is 52.9 Å². The number of aromatic nitrogens is 4. The van der Waals surface area contributed by atoms with Gasteiger partial charge < -0.3 is 9.80 Å². The van der Waals surface area contributed by atoms with Crippen LogP contribution < -0.4 is 4.90 Å². The quantitative estimate of drug-likeness (QED) is 0.627. The number of benzene rings is 1. The van der Waals surface area contributed by atoms with Gasteiger partial charge in [-0.3, -0.25) is 4.79 Å². The molecule has 1 saturated heterocycles. The van der Waals surface area contributed by atoms with E-state index in [4.69, 9.17) is 15.1 Å². The smallest absolute Gasteiger partial charge is 0.225 e. The molecule has 2 fully saturated rings. The lowest BCUT2D eigenvalue weighted by Crippen LogP contribution is -2.38. The van der Waals surface area contributed by atoms with E-state index < -0.39 is 0 Å². The fourth-order valence-electron chi connectivity index (χ4n) is 5.25. The summed E-state index contributed by atoms with van der Waals surface area (Å²) in [5.41, 5.74) is 3.98. The zero-order valence-electron chi connectivity index (χ0n) is 19.3. The number of fused-ring (bicyclic) bond motifs is 1. The van der Waals surface area contributed by atoms with Gasteiger partial charge >= 0.3 is 0 Å². The van der Waals surface area contributed by atoms with Gasteiger partial charge in [-0.25, -0.2) is 14.6 Å². The van der Waals surface area contributed by atoms with E-state index in [1.165, 1.54) is 12.8 Å². The highest BCUT2D eigenvalue weighted by molar-refractivity contribution is 5.91. The topological polar surface area (TPSA) is 67.2 Å². The molecule has 0 unspecified atom stereocenters. The first-order chi connectivity index (χ1) is 15.5. The van der Waals surface area contributed by atoms with Crippen molar-refractivity contribution in [1.82, 2.24) is 24.6 Å². The number of carbonyl (C=O) groups is 1. The van der Waals surface area contributed by atoms with Gasteiger partial charge in [-0.2, -0.15) is 5.10 Å². The highest BCUT2D eigenvalue weighted by atomic mass is 16.2. The van der Waals surface area contributed by atoms with Gasteiger partial charge in [0.15, 0.2) is 5.65 Å². The van der Waals surface area contributed by atoms with Crippen molar-refractivity contribution >= 4 is 22.8 Å². The molecule has 0 bridgehead atoms. The maximum absolute atomic E-state index is 13.0. The highest BCUT2D eigenvalue weighted by Gasteiger charge is 2.29. The Morgan fingerprint density at radius 1 is 0.938 bits per heavy atom. The molecule has 1 amide bonds. The van der Waals surface area contributed by atoms with Crippen molar-refractivity contribution in [2.75, 3.05) is 31.1 Å². The zero-order chi connectivity index (χ0) is 22.2. The molecule has 0 spiro atoms. The Morgan fingerprint density at radius 3 is 2.50 bits per heavy atom. The molecule has 1 aromatic carbocycles. The maximum atomic E-state index is 13.0. The van der Waals surface area contributed by atoms with E-state index in [1.54, 1.807) is 0 Å². The van der Waals surface area contributed by atoms with Crippen LogP contribution in [-0.4, -0.2) is 56.7 Å². The molecule has 0 radical (unpaired) electrons. The number of aryl methyl sites for hydroxylation is 3. The van der Waals surface area contributed by atoms with Gasteiger partial charge in [0.25, 0.3) is 0 Å². The molecule has 0 atom stereocenters. The van der Waals surface area contributed by atoms with E-state index in [9.17, 15) is 4.79 Å². The first-order valence-corrected chi connectivity index (χ1v) is 11.9. The largest absolute Gasteiger partial charge is 0.354 e. The summed E-state index contributed by atoms with van der Waals surface area (Å²) in [5.74, 6) is 2.28. The van der Waals surface area contributed by atoms with Gasteiger partial charge in [0.1, 0.15) is 11.6 Å². The van der Waals surface area contributed by atoms with Crippen LogP contribution in [-0.2, 0) is 4.79 Å².